The van der Waals surface area contributed by atoms with Crippen LogP contribution in [0.25, 0.3) is 10.8 Å². The number of nitrogens with one attached hydrogen (secondary N) is 1. The molecule has 3 aromatic rings. The molecule has 2 heterocycles. The van der Waals surface area contributed by atoms with Gasteiger partial charge in [-0.15, -0.1) is 0 Å². The molecule has 0 unspecified atom stereocenters. The van der Waals surface area contributed by atoms with Crippen LogP contribution in [0.2, 0.25) is 0 Å². The largest absolute Gasteiger partial charge is 0.481 e. The van der Waals surface area contributed by atoms with Gasteiger partial charge in [-0.25, -0.2) is 0 Å². The third-order valence-corrected chi connectivity index (χ3v) is 5.90. The van der Waals surface area contributed by atoms with Gasteiger partial charge in [0.1, 0.15) is 5.41 Å². The van der Waals surface area contributed by atoms with E-state index in [0.29, 0.717) is 16.3 Å². The lowest BCUT2D eigenvalue weighted by Crippen LogP contribution is -2.58. The number of fused-ring (bicyclic) bond motifs is 1. The number of benzene rings is 2. The number of H-pyrrole nitrogens is 1. The van der Waals surface area contributed by atoms with E-state index in [-0.39, 0.29) is 37.4 Å². The molecule has 3 N–H and O–H groups in total. The Kier molecular flexibility index (Phi) is 5.13. The molecule has 1 amide bonds. The molecule has 0 aliphatic carbocycles. The average Bonchev–Trinajstić information content (AvgIpc) is 2.76. The number of amides is 1. The normalized spacial score (nSPS) is 21.5. The number of hydrogen-bond donors (Lipinski definition) is 3. The number of aliphatic hydroxyl groups excluding tert-OH is 1. The fourth-order valence-corrected chi connectivity index (χ4v) is 4.23. The summed E-state index contributed by atoms with van der Waals surface area (Å²) in [5, 5.41) is 21.6. The second-order valence-corrected chi connectivity index (χ2v) is 7.73. The first-order valence-corrected chi connectivity index (χ1v) is 9.77. The van der Waals surface area contributed by atoms with Gasteiger partial charge in [-0.3, -0.25) is 14.4 Å². The molecule has 1 fully saturated rings. The zero-order valence-electron chi connectivity index (χ0n) is 16.2. The molecule has 1 aromatic heterocycles. The fraction of sp³-hybridized carbons (Fsp3) is 0.261. The minimum Gasteiger partial charge on any atom is -0.481 e. The summed E-state index contributed by atoms with van der Waals surface area (Å²) in [6.45, 7) is 0.113. The van der Waals surface area contributed by atoms with Crippen molar-refractivity contribution in [2.75, 3.05) is 13.1 Å². The van der Waals surface area contributed by atoms with Crippen LogP contribution in [0.4, 0.5) is 0 Å². The van der Waals surface area contributed by atoms with Crippen LogP contribution >= 0.6 is 0 Å². The number of carboxylic acid groups (broad SMARTS) is 1. The topological polar surface area (TPSA) is 111 Å². The van der Waals surface area contributed by atoms with Crippen LogP contribution in [-0.4, -0.2) is 51.2 Å². The van der Waals surface area contributed by atoms with E-state index in [0.717, 1.165) is 5.56 Å². The zero-order valence-corrected chi connectivity index (χ0v) is 16.2. The van der Waals surface area contributed by atoms with Gasteiger partial charge in [0.25, 0.3) is 11.5 Å². The van der Waals surface area contributed by atoms with E-state index in [2.05, 4.69) is 4.98 Å². The minimum absolute atomic E-state index is 0.112. The number of carboxylic acids is 1. The molecule has 2 aromatic carbocycles. The van der Waals surface area contributed by atoms with Crippen LogP contribution in [0.3, 0.4) is 0 Å². The summed E-state index contributed by atoms with van der Waals surface area (Å²) in [4.78, 5) is 41.8. The first-order chi connectivity index (χ1) is 14.4. The Morgan fingerprint density at radius 3 is 2.43 bits per heavy atom. The summed E-state index contributed by atoms with van der Waals surface area (Å²) in [7, 11) is 0. The molecule has 1 saturated heterocycles. The van der Waals surface area contributed by atoms with E-state index in [1.54, 1.807) is 24.3 Å². The van der Waals surface area contributed by atoms with Gasteiger partial charge in [-0.1, -0.05) is 48.5 Å². The van der Waals surface area contributed by atoms with E-state index in [4.69, 9.17) is 0 Å². The Morgan fingerprint density at radius 2 is 1.73 bits per heavy atom. The summed E-state index contributed by atoms with van der Waals surface area (Å²) in [6.07, 6.45) is 0.566. The molecular formula is C23H22N2O5. The van der Waals surface area contributed by atoms with Gasteiger partial charge in [0.15, 0.2) is 0 Å². The van der Waals surface area contributed by atoms with Crippen molar-refractivity contribution in [3.63, 3.8) is 0 Å². The molecule has 1 aliphatic rings. The smallest absolute Gasteiger partial charge is 0.314 e. The van der Waals surface area contributed by atoms with Crippen molar-refractivity contribution in [2.45, 2.75) is 18.9 Å². The van der Waals surface area contributed by atoms with E-state index in [9.17, 15) is 24.6 Å². The highest BCUT2D eigenvalue weighted by atomic mass is 16.4. The molecule has 0 spiro atoms. The molecule has 0 saturated carbocycles. The number of aromatic amines is 1. The highest BCUT2D eigenvalue weighted by molar-refractivity contribution is 6.06. The highest BCUT2D eigenvalue weighted by Gasteiger charge is 2.50. The van der Waals surface area contributed by atoms with Crippen molar-refractivity contribution in [3.8, 4) is 0 Å². The van der Waals surface area contributed by atoms with Crippen molar-refractivity contribution in [1.29, 1.82) is 0 Å². The lowest BCUT2D eigenvalue weighted by atomic mass is 9.72. The molecule has 1 aliphatic heterocycles. The first kappa shape index (κ1) is 19.8. The second kappa shape index (κ2) is 7.76. The van der Waals surface area contributed by atoms with Gasteiger partial charge in [0, 0.05) is 30.1 Å². The first-order valence-electron chi connectivity index (χ1n) is 9.77. The van der Waals surface area contributed by atoms with Crippen molar-refractivity contribution >= 4 is 22.6 Å². The highest BCUT2D eigenvalue weighted by Crippen LogP contribution is 2.35. The molecule has 7 heteroatoms. The van der Waals surface area contributed by atoms with E-state index < -0.39 is 17.5 Å². The van der Waals surface area contributed by atoms with Gasteiger partial charge in [0.05, 0.1) is 11.7 Å². The predicted molar refractivity (Wildman–Crippen MR) is 111 cm³/mol. The standard InChI is InChI=1S/C23H22N2O5/c26-19-10-11-25(14-23(19,22(29)30)12-15-6-2-1-3-7-15)21(28)18-13-24-20(27)17-9-5-4-8-16(17)18/h1-9,13,19,26H,10-12,14H2,(H,24,27)(H,29,30)/t19-,23+/m0/s1. The molecule has 0 radical (unpaired) electrons. The maximum Gasteiger partial charge on any atom is 0.314 e. The number of carbonyl (C=O) groups is 2. The van der Waals surface area contributed by atoms with Crippen molar-refractivity contribution < 1.29 is 19.8 Å². The zero-order chi connectivity index (χ0) is 21.3. The van der Waals surface area contributed by atoms with Crippen LogP contribution < -0.4 is 5.56 Å². The summed E-state index contributed by atoms with van der Waals surface area (Å²) < 4.78 is 0. The Morgan fingerprint density at radius 1 is 1.07 bits per heavy atom. The minimum atomic E-state index is -1.51. The summed E-state index contributed by atoms with van der Waals surface area (Å²) in [6, 6.07) is 15.9. The average molecular weight is 406 g/mol. The molecular weight excluding hydrogens is 384 g/mol. The Labute approximate surface area is 172 Å². The van der Waals surface area contributed by atoms with E-state index in [1.807, 2.05) is 30.3 Å². The van der Waals surface area contributed by atoms with E-state index >= 15 is 0 Å². The number of likely N-dealkylation sites (tertiary alicyclic amines) is 1. The van der Waals surface area contributed by atoms with Gasteiger partial charge in [-0.2, -0.15) is 0 Å². The third kappa shape index (κ3) is 3.37. The SMILES string of the molecule is O=C(c1c[nH]c(=O)c2ccccc12)N1CC[C@H](O)[C@](Cc2ccccc2)(C(=O)O)C1. The number of rotatable bonds is 4. The summed E-state index contributed by atoms with van der Waals surface area (Å²) in [5.74, 6) is -1.50. The number of carbonyl (C=O) groups excluding carboxylic acids is 1. The maximum atomic E-state index is 13.3. The van der Waals surface area contributed by atoms with Gasteiger partial charge in [0.2, 0.25) is 0 Å². The number of nitrogens with zero attached hydrogens (tertiary/aromatic N) is 1. The monoisotopic (exact) mass is 406 g/mol. The molecule has 0 bridgehead atoms. The van der Waals surface area contributed by atoms with Crippen LogP contribution in [0.5, 0.6) is 0 Å². The lowest BCUT2D eigenvalue weighted by molar-refractivity contribution is -0.161. The summed E-state index contributed by atoms with van der Waals surface area (Å²) in [5.41, 5.74) is -0.712. The fourth-order valence-electron chi connectivity index (χ4n) is 4.23. The number of aliphatic carboxylic acids is 1. The van der Waals surface area contributed by atoms with Gasteiger partial charge < -0.3 is 20.1 Å². The number of piperidine rings is 1. The number of hydrogen-bond acceptors (Lipinski definition) is 4. The molecule has 2 atom stereocenters. The maximum absolute atomic E-state index is 13.3. The lowest BCUT2D eigenvalue weighted by Gasteiger charge is -2.43. The Hall–Kier alpha value is -3.45. The van der Waals surface area contributed by atoms with Crippen molar-refractivity contribution in [3.05, 3.63) is 82.3 Å². The van der Waals surface area contributed by atoms with Crippen LogP contribution in [-0.2, 0) is 11.2 Å². The Balaban J connectivity index is 1.71. The number of aliphatic hydroxyl groups is 1. The molecule has 4 rings (SSSR count). The second-order valence-electron chi connectivity index (χ2n) is 7.73. The van der Waals surface area contributed by atoms with E-state index in [1.165, 1.54) is 11.1 Å². The van der Waals surface area contributed by atoms with Crippen LogP contribution in [0, 0.1) is 5.41 Å². The third-order valence-electron chi connectivity index (χ3n) is 5.90. The van der Waals surface area contributed by atoms with Gasteiger partial charge >= 0.3 is 5.97 Å². The molecule has 30 heavy (non-hydrogen) atoms. The molecule has 154 valence electrons. The van der Waals surface area contributed by atoms with Crippen molar-refractivity contribution in [2.24, 2.45) is 5.41 Å². The number of pyridine rings is 1. The Bertz CT molecular complexity index is 1160. The molecule has 7 nitrogen and oxygen atoms in total. The van der Waals surface area contributed by atoms with Gasteiger partial charge in [-0.05, 0) is 24.5 Å². The number of aromatic nitrogens is 1. The summed E-state index contributed by atoms with van der Waals surface area (Å²) >= 11 is 0. The predicted octanol–water partition coefficient (Wildman–Crippen LogP) is 2.05. The van der Waals surface area contributed by atoms with Crippen LogP contribution in [0.1, 0.15) is 22.3 Å². The van der Waals surface area contributed by atoms with Crippen molar-refractivity contribution in [1.82, 2.24) is 9.88 Å². The quantitative estimate of drug-likeness (QED) is 0.614. The van der Waals surface area contributed by atoms with Crippen LogP contribution in [0.15, 0.2) is 65.6 Å².